The second-order valence-electron chi connectivity index (χ2n) is 7.26. The van der Waals surface area contributed by atoms with Crippen molar-refractivity contribution in [2.45, 2.75) is 26.2 Å². The first kappa shape index (κ1) is 21.8. The van der Waals surface area contributed by atoms with Gasteiger partial charge in [-0.15, -0.1) is 5.10 Å². The van der Waals surface area contributed by atoms with Crippen molar-refractivity contribution in [1.29, 1.82) is 0 Å². The Balaban J connectivity index is 1.57. The summed E-state index contributed by atoms with van der Waals surface area (Å²) in [6.45, 7) is 6.96. The number of rotatable bonds is 10. The summed E-state index contributed by atoms with van der Waals surface area (Å²) in [5.41, 5.74) is 1.47. The Hall–Kier alpha value is -3.45. The fourth-order valence-corrected chi connectivity index (χ4v) is 4.12. The molecule has 0 aliphatic carbocycles. The average Bonchev–Trinajstić information content (AvgIpc) is 3.36. The van der Waals surface area contributed by atoms with E-state index in [1.165, 1.54) is 22.3 Å². The zero-order chi connectivity index (χ0) is 22.3. The third-order valence-electron chi connectivity index (χ3n) is 4.87. The quantitative estimate of drug-likeness (QED) is 0.265. The lowest BCUT2D eigenvalue weighted by atomic mass is 10.2. The summed E-state index contributed by atoms with van der Waals surface area (Å²) in [5, 5.41) is 4.43. The van der Waals surface area contributed by atoms with Gasteiger partial charge in [-0.05, 0) is 42.8 Å². The number of fused-ring (bicyclic) bond motifs is 1. The number of benzene rings is 2. The topological polar surface area (TPSA) is 65.7 Å². The first-order valence-corrected chi connectivity index (χ1v) is 11.5. The summed E-state index contributed by atoms with van der Waals surface area (Å²) in [5.74, 6) is 2.04. The summed E-state index contributed by atoms with van der Waals surface area (Å²) in [6, 6.07) is 15.2. The zero-order valence-corrected chi connectivity index (χ0v) is 18.8. The van der Waals surface area contributed by atoms with Crippen LogP contribution in [0.5, 0.6) is 11.5 Å². The number of thiazole rings is 1. The first-order chi connectivity index (χ1) is 15.7. The normalized spacial score (nSPS) is 11.7. The minimum atomic E-state index is -0.196. The predicted octanol–water partition coefficient (Wildman–Crippen LogP) is 4.50. The van der Waals surface area contributed by atoms with Crippen LogP contribution in [-0.4, -0.2) is 27.8 Å². The monoisotopic (exact) mass is 447 g/mol. The number of aromatic nitrogens is 3. The molecule has 0 aliphatic heterocycles. The first-order valence-electron chi connectivity index (χ1n) is 10.7. The van der Waals surface area contributed by atoms with Gasteiger partial charge in [-0.3, -0.25) is 4.79 Å². The fraction of sp³-hybridized carbons (Fsp3) is 0.240. The highest BCUT2D eigenvalue weighted by molar-refractivity contribution is 7.15. The van der Waals surface area contributed by atoms with Crippen LogP contribution in [0.3, 0.4) is 0 Å². The molecule has 0 bridgehead atoms. The van der Waals surface area contributed by atoms with E-state index in [1.807, 2.05) is 54.6 Å². The molecule has 0 radical (unpaired) electrons. The lowest BCUT2D eigenvalue weighted by Gasteiger charge is -2.06. The number of unbranched alkanes of at least 4 members (excludes halogenated alkanes) is 2. The Morgan fingerprint density at radius 3 is 2.66 bits per heavy atom. The van der Waals surface area contributed by atoms with Crippen molar-refractivity contribution in [1.82, 2.24) is 14.6 Å². The molecular formula is C25H25N3O3S. The zero-order valence-electron chi connectivity index (χ0n) is 18.0. The van der Waals surface area contributed by atoms with Gasteiger partial charge >= 0.3 is 0 Å². The second-order valence-corrected chi connectivity index (χ2v) is 8.27. The molecule has 0 aliphatic rings. The summed E-state index contributed by atoms with van der Waals surface area (Å²) in [6.07, 6.45) is 6.88. The van der Waals surface area contributed by atoms with E-state index in [9.17, 15) is 4.79 Å². The van der Waals surface area contributed by atoms with Crippen molar-refractivity contribution in [2.75, 3.05) is 13.2 Å². The van der Waals surface area contributed by atoms with Crippen molar-refractivity contribution in [3.63, 3.8) is 0 Å². The molecule has 4 rings (SSSR count). The van der Waals surface area contributed by atoms with Gasteiger partial charge in [0.2, 0.25) is 4.96 Å². The van der Waals surface area contributed by atoms with Crippen LogP contribution in [-0.2, 0) is 0 Å². The van der Waals surface area contributed by atoms with E-state index in [0.717, 1.165) is 29.7 Å². The Morgan fingerprint density at radius 2 is 1.91 bits per heavy atom. The summed E-state index contributed by atoms with van der Waals surface area (Å²) >= 11 is 1.31. The van der Waals surface area contributed by atoms with Crippen LogP contribution in [0, 0.1) is 0 Å². The van der Waals surface area contributed by atoms with E-state index in [2.05, 4.69) is 23.6 Å². The van der Waals surface area contributed by atoms with Gasteiger partial charge in [-0.25, -0.2) is 0 Å². The SMILES string of the molecule is C=CCOc1ccccc1/C=c1/sc2nc(-c3ccc(OCCCCC)cc3)nn2c1=O. The van der Waals surface area contributed by atoms with Gasteiger partial charge < -0.3 is 9.47 Å². The van der Waals surface area contributed by atoms with Crippen molar-refractivity contribution < 1.29 is 9.47 Å². The predicted molar refractivity (Wildman–Crippen MR) is 129 cm³/mol. The molecule has 0 fully saturated rings. The molecule has 0 spiro atoms. The van der Waals surface area contributed by atoms with Crippen molar-refractivity contribution in [3.05, 3.63) is 81.6 Å². The molecule has 7 heteroatoms. The third-order valence-corrected chi connectivity index (χ3v) is 5.83. The molecule has 4 aromatic rings. The Kier molecular flexibility index (Phi) is 6.97. The molecule has 0 saturated carbocycles. The van der Waals surface area contributed by atoms with E-state index in [-0.39, 0.29) is 5.56 Å². The van der Waals surface area contributed by atoms with Crippen LogP contribution in [0.25, 0.3) is 22.4 Å². The van der Waals surface area contributed by atoms with E-state index in [1.54, 1.807) is 6.08 Å². The van der Waals surface area contributed by atoms with Gasteiger partial charge in [0.25, 0.3) is 5.56 Å². The Morgan fingerprint density at radius 1 is 1.09 bits per heavy atom. The lowest BCUT2D eigenvalue weighted by molar-refractivity contribution is 0.306. The molecule has 164 valence electrons. The van der Waals surface area contributed by atoms with Gasteiger partial charge in [0.15, 0.2) is 5.82 Å². The maximum atomic E-state index is 12.9. The minimum Gasteiger partial charge on any atom is -0.494 e. The van der Waals surface area contributed by atoms with Crippen molar-refractivity contribution in [3.8, 4) is 22.9 Å². The van der Waals surface area contributed by atoms with Crippen LogP contribution in [0.2, 0.25) is 0 Å². The second kappa shape index (κ2) is 10.2. The summed E-state index contributed by atoms with van der Waals surface area (Å²) in [7, 11) is 0. The molecule has 2 heterocycles. The van der Waals surface area contributed by atoms with Gasteiger partial charge in [-0.2, -0.15) is 9.50 Å². The van der Waals surface area contributed by atoms with Crippen LogP contribution < -0.4 is 19.6 Å². The Bertz CT molecular complexity index is 1310. The largest absolute Gasteiger partial charge is 0.494 e. The highest BCUT2D eigenvalue weighted by Crippen LogP contribution is 2.21. The standard InChI is InChI=1S/C25H25N3O3S/c1-3-5-8-16-30-20-13-11-18(12-14-20)23-26-25-28(27-23)24(29)22(32-25)17-19-9-6-7-10-21(19)31-15-4-2/h4,6-7,9-14,17H,2-3,5,8,15-16H2,1H3/b22-17+. The lowest BCUT2D eigenvalue weighted by Crippen LogP contribution is -2.23. The maximum Gasteiger partial charge on any atom is 0.291 e. The molecule has 32 heavy (non-hydrogen) atoms. The van der Waals surface area contributed by atoms with E-state index < -0.39 is 0 Å². The van der Waals surface area contributed by atoms with Gasteiger partial charge in [0, 0.05) is 11.1 Å². The molecule has 0 unspecified atom stereocenters. The molecule has 0 amide bonds. The van der Waals surface area contributed by atoms with Crippen molar-refractivity contribution in [2.24, 2.45) is 0 Å². The summed E-state index contributed by atoms with van der Waals surface area (Å²) < 4.78 is 13.3. The molecule has 0 atom stereocenters. The molecular weight excluding hydrogens is 422 g/mol. The van der Waals surface area contributed by atoms with Gasteiger partial charge in [0.05, 0.1) is 11.1 Å². The average molecular weight is 448 g/mol. The van der Waals surface area contributed by atoms with Gasteiger partial charge in [0.1, 0.15) is 18.1 Å². The minimum absolute atomic E-state index is 0.196. The summed E-state index contributed by atoms with van der Waals surface area (Å²) in [4.78, 5) is 18.0. The third kappa shape index (κ3) is 4.89. The van der Waals surface area contributed by atoms with Gasteiger partial charge in [-0.1, -0.05) is 62.0 Å². The number of para-hydroxylation sites is 1. The molecule has 6 nitrogen and oxygen atoms in total. The number of hydrogen-bond acceptors (Lipinski definition) is 6. The van der Waals surface area contributed by atoms with E-state index in [4.69, 9.17) is 9.47 Å². The van der Waals surface area contributed by atoms with Crippen LogP contribution in [0.15, 0.2) is 66.0 Å². The van der Waals surface area contributed by atoms with Crippen LogP contribution in [0.4, 0.5) is 0 Å². The Labute approximate surface area is 190 Å². The fourth-order valence-electron chi connectivity index (χ4n) is 3.22. The van der Waals surface area contributed by atoms with Crippen LogP contribution >= 0.6 is 11.3 Å². The molecule has 0 N–H and O–H groups in total. The molecule has 2 aromatic carbocycles. The highest BCUT2D eigenvalue weighted by atomic mass is 32.1. The number of ether oxygens (including phenoxy) is 2. The van der Waals surface area contributed by atoms with Crippen LogP contribution in [0.1, 0.15) is 31.7 Å². The number of hydrogen-bond donors (Lipinski definition) is 0. The molecule has 0 saturated heterocycles. The van der Waals surface area contributed by atoms with Crippen molar-refractivity contribution >= 4 is 22.4 Å². The highest BCUT2D eigenvalue weighted by Gasteiger charge is 2.12. The smallest absolute Gasteiger partial charge is 0.291 e. The molecule has 2 aromatic heterocycles. The number of nitrogens with zero attached hydrogens (tertiary/aromatic N) is 3. The van der Waals surface area contributed by atoms with E-state index >= 15 is 0 Å². The van der Waals surface area contributed by atoms with E-state index in [0.29, 0.717) is 34.3 Å². The maximum absolute atomic E-state index is 12.9.